The molecule has 0 aromatic heterocycles. The second-order valence-corrected chi connectivity index (χ2v) is 13.3. The normalized spacial score (nSPS) is 11.3. The van der Waals surface area contributed by atoms with E-state index in [2.05, 4.69) is 106 Å². The first-order valence-electron chi connectivity index (χ1n) is 7.67. The Labute approximate surface area is 150 Å². The number of hydrogen-bond donors (Lipinski definition) is 0. The second kappa shape index (κ2) is 8.17. The van der Waals surface area contributed by atoms with E-state index in [0.29, 0.717) is 0 Å². The number of hydrogen-bond acceptors (Lipinski definition) is 1. The van der Waals surface area contributed by atoms with E-state index in [4.69, 9.17) is 0 Å². The quantitative estimate of drug-likeness (QED) is 0.332. The van der Waals surface area contributed by atoms with Crippen molar-refractivity contribution in [1.29, 1.82) is 0 Å². The summed E-state index contributed by atoms with van der Waals surface area (Å²) in [6.45, 7) is 0. The fourth-order valence-corrected chi connectivity index (χ4v) is 9.59. The molecule has 0 unspecified atom stereocenters. The summed E-state index contributed by atoms with van der Waals surface area (Å²) in [5, 5.41) is 2.89. The van der Waals surface area contributed by atoms with Crippen molar-refractivity contribution >= 4 is 43.0 Å². The van der Waals surface area contributed by atoms with Gasteiger partial charge in [0.1, 0.15) is 0 Å². The summed E-state index contributed by atoms with van der Waals surface area (Å²) in [7, 11) is 0. The summed E-state index contributed by atoms with van der Waals surface area (Å²) in [4.78, 5) is 1.35. The van der Waals surface area contributed by atoms with Gasteiger partial charge in [0.05, 0.1) is 0 Å². The van der Waals surface area contributed by atoms with Gasteiger partial charge in [-0.3, -0.25) is 0 Å². The molecule has 3 aromatic carbocycles. The van der Waals surface area contributed by atoms with Gasteiger partial charge in [-0.25, -0.2) is 0 Å². The van der Waals surface area contributed by atoms with Gasteiger partial charge in [0, 0.05) is 0 Å². The molecule has 0 aliphatic rings. The average Bonchev–Trinajstić information content (AvgIpc) is 2.64. The molecule has 3 rings (SSSR count). The van der Waals surface area contributed by atoms with E-state index in [9.17, 15) is 0 Å². The molecule has 0 amide bonds. The summed E-state index contributed by atoms with van der Waals surface area (Å²) in [6.07, 6.45) is 1.17. The van der Waals surface area contributed by atoms with Gasteiger partial charge in [-0.15, -0.1) is 0 Å². The van der Waals surface area contributed by atoms with Gasteiger partial charge < -0.3 is 0 Å². The van der Waals surface area contributed by atoms with Crippen LogP contribution in [0.15, 0.2) is 95.9 Å². The van der Waals surface area contributed by atoms with Crippen molar-refractivity contribution in [1.82, 2.24) is 0 Å². The van der Waals surface area contributed by atoms with Crippen LogP contribution in [-0.4, -0.2) is 27.0 Å². The number of benzene rings is 3. The van der Waals surface area contributed by atoms with Crippen LogP contribution in [0, 0.1) is 0 Å². The maximum absolute atomic E-state index is 3.61. The van der Waals surface area contributed by atoms with Crippen LogP contribution in [0.1, 0.15) is 0 Å². The van der Waals surface area contributed by atoms with Gasteiger partial charge >= 0.3 is 151 Å². The first kappa shape index (κ1) is 16.8. The Morgan fingerprint density at radius 3 is 1.57 bits per heavy atom. The van der Waals surface area contributed by atoms with Crippen LogP contribution >= 0.6 is 17.3 Å². The second-order valence-electron chi connectivity index (χ2n) is 5.30. The van der Waals surface area contributed by atoms with Gasteiger partial charge in [0.25, 0.3) is 0 Å². The van der Waals surface area contributed by atoms with Gasteiger partial charge in [0.15, 0.2) is 0 Å². The van der Waals surface area contributed by atoms with Crippen molar-refractivity contribution < 1.29 is 0 Å². The third-order valence-corrected chi connectivity index (χ3v) is 12.0. The van der Waals surface area contributed by atoms with Crippen LogP contribution in [-0.2, 0) is 0 Å². The molecule has 0 spiro atoms. The molecular formula is C20H19PSSe. The minimum absolute atomic E-state index is 1.12. The standard InChI is InChI=1S/C20H19PSSe/c23-21(18-10-4-1-5-11-18,19-12-6-2-7-13-19)16-17-22-20-14-8-3-9-15-20/h1-15H,16-17H2. The van der Waals surface area contributed by atoms with E-state index in [1.807, 2.05) is 11.8 Å². The molecule has 116 valence electrons. The van der Waals surface area contributed by atoms with Crippen LogP contribution in [0.5, 0.6) is 0 Å². The summed E-state index contributed by atoms with van der Waals surface area (Å²) < 4.78 is 0. The Morgan fingerprint density at radius 2 is 1.09 bits per heavy atom. The molecule has 0 saturated carbocycles. The summed E-state index contributed by atoms with van der Waals surface area (Å²) in [6, 6.07) is 32.5. The zero-order chi connectivity index (χ0) is 16.0. The van der Waals surface area contributed by atoms with E-state index >= 15 is 0 Å². The average molecular weight is 401 g/mol. The topological polar surface area (TPSA) is 0 Å². The van der Waals surface area contributed by atoms with Gasteiger partial charge in [-0.2, -0.15) is 0 Å². The third-order valence-electron chi connectivity index (χ3n) is 3.76. The fraction of sp³-hybridized carbons (Fsp3) is 0.100. The van der Waals surface area contributed by atoms with Gasteiger partial charge in [-0.1, -0.05) is 0 Å². The predicted octanol–water partition coefficient (Wildman–Crippen LogP) is 4.53. The van der Waals surface area contributed by atoms with E-state index in [1.165, 1.54) is 21.7 Å². The van der Waals surface area contributed by atoms with Gasteiger partial charge in [-0.05, 0) is 0 Å². The molecule has 0 aliphatic heterocycles. The zero-order valence-electron chi connectivity index (χ0n) is 12.8. The van der Waals surface area contributed by atoms with Crippen molar-refractivity contribution in [2.75, 3.05) is 11.9 Å². The molecule has 3 heteroatoms. The van der Waals surface area contributed by atoms with E-state index in [0.717, 1.165) is 5.75 Å². The van der Waals surface area contributed by atoms with Crippen LogP contribution in [0.2, 0.25) is 0 Å². The Morgan fingerprint density at radius 1 is 0.652 bits per heavy atom. The number of rotatable bonds is 6. The summed E-state index contributed by atoms with van der Waals surface area (Å²) in [5.74, 6) is 1.12. The zero-order valence-corrected chi connectivity index (χ0v) is 16.3. The Hall–Kier alpha value is -1.04. The van der Waals surface area contributed by atoms with E-state index < -0.39 is 5.51 Å². The van der Waals surface area contributed by atoms with E-state index in [-0.39, 0.29) is 0 Å². The molecule has 3 aromatic rings. The first-order chi connectivity index (χ1) is 11.3. The van der Waals surface area contributed by atoms with Crippen molar-refractivity contribution in [2.24, 2.45) is 0 Å². The SMILES string of the molecule is [Se]=P(CCSc1ccccc1)(c1ccccc1)c1ccccc1. The van der Waals surface area contributed by atoms with Gasteiger partial charge in [0.2, 0.25) is 0 Å². The Bertz CT molecular complexity index is 729. The number of thioether (sulfide) groups is 1. The maximum atomic E-state index is 3.61. The van der Waals surface area contributed by atoms with Crippen LogP contribution in [0.3, 0.4) is 0 Å². The first-order valence-corrected chi connectivity index (χ1v) is 12.8. The third kappa shape index (κ3) is 4.28. The van der Waals surface area contributed by atoms with Crippen molar-refractivity contribution in [3.05, 3.63) is 91.0 Å². The summed E-state index contributed by atoms with van der Waals surface area (Å²) in [5.41, 5.74) is -1.46. The molecule has 0 nitrogen and oxygen atoms in total. The van der Waals surface area contributed by atoms with Crippen LogP contribution in [0.4, 0.5) is 0 Å². The minimum atomic E-state index is -1.46. The van der Waals surface area contributed by atoms with E-state index in [1.54, 1.807) is 0 Å². The molecule has 0 heterocycles. The molecule has 23 heavy (non-hydrogen) atoms. The van der Waals surface area contributed by atoms with Crippen molar-refractivity contribution in [3.63, 3.8) is 0 Å². The molecule has 0 N–H and O–H groups in total. The Kier molecular flexibility index (Phi) is 5.97. The monoisotopic (exact) mass is 402 g/mol. The molecule has 0 radical (unpaired) electrons. The molecule has 0 aliphatic carbocycles. The molecular weight excluding hydrogens is 382 g/mol. The Balaban J connectivity index is 1.83. The van der Waals surface area contributed by atoms with Crippen molar-refractivity contribution in [2.45, 2.75) is 4.90 Å². The molecule has 0 bridgehead atoms. The van der Waals surface area contributed by atoms with Crippen LogP contribution < -0.4 is 10.6 Å². The predicted molar refractivity (Wildman–Crippen MR) is 107 cm³/mol. The molecule has 0 saturated heterocycles. The molecule has 0 atom stereocenters. The fourth-order valence-electron chi connectivity index (χ4n) is 2.55. The van der Waals surface area contributed by atoms with Crippen molar-refractivity contribution in [3.8, 4) is 0 Å². The molecule has 0 fully saturated rings. The van der Waals surface area contributed by atoms with Crippen LogP contribution in [0.25, 0.3) is 0 Å². The summed E-state index contributed by atoms with van der Waals surface area (Å²) >= 11 is 5.55.